The number of hydrogen-bond donors (Lipinski definition) is 1. The van der Waals surface area contributed by atoms with Crippen LogP contribution < -0.4 is 5.76 Å². The van der Waals surface area contributed by atoms with Crippen LogP contribution in [0.4, 0.5) is 17.6 Å². The first-order valence-corrected chi connectivity index (χ1v) is 11.4. The van der Waals surface area contributed by atoms with Gasteiger partial charge in [-0.1, -0.05) is 12.1 Å². The van der Waals surface area contributed by atoms with E-state index in [9.17, 15) is 32.3 Å². The number of alkyl halides is 3. The first kappa shape index (κ1) is 25.1. The van der Waals surface area contributed by atoms with Gasteiger partial charge in [-0.3, -0.25) is 14.2 Å². The molecule has 188 valence electrons. The minimum atomic E-state index is -4.99. The molecule has 1 aliphatic heterocycles. The molecule has 0 amide bonds. The number of nitrogens with zero attached hydrogens (tertiary/aromatic N) is 5. The summed E-state index contributed by atoms with van der Waals surface area (Å²) in [6.45, 7) is 3.28. The van der Waals surface area contributed by atoms with Crippen molar-refractivity contribution in [3.8, 4) is 17.2 Å². The van der Waals surface area contributed by atoms with Gasteiger partial charge in [0.1, 0.15) is 11.4 Å². The van der Waals surface area contributed by atoms with Crippen molar-refractivity contribution >= 4 is 17.5 Å². The zero-order chi connectivity index (χ0) is 25.4. The second-order valence-corrected chi connectivity index (χ2v) is 8.98. The number of carbonyl (C=O) groups excluding carboxylic acids is 1. The fourth-order valence-corrected chi connectivity index (χ4v) is 4.47. The Morgan fingerprint density at radius 2 is 2.00 bits per heavy atom. The molecule has 3 heterocycles. The third kappa shape index (κ3) is 5.01. The van der Waals surface area contributed by atoms with E-state index in [0.29, 0.717) is 42.0 Å². The van der Waals surface area contributed by atoms with E-state index < -0.39 is 28.9 Å². The highest BCUT2D eigenvalue weighted by atomic mass is 32.2. The van der Waals surface area contributed by atoms with Gasteiger partial charge in [0, 0.05) is 25.3 Å². The number of aliphatic hydroxyl groups is 1. The molecule has 15 heteroatoms. The van der Waals surface area contributed by atoms with E-state index in [-0.39, 0.29) is 34.4 Å². The fraction of sp³-hybridized carbons (Fsp3) is 0.450. The van der Waals surface area contributed by atoms with Crippen LogP contribution >= 0.6 is 11.8 Å². The summed E-state index contributed by atoms with van der Waals surface area (Å²) in [4.78, 5) is 26.4. The van der Waals surface area contributed by atoms with Crippen LogP contribution in [0.3, 0.4) is 0 Å². The van der Waals surface area contributed by atoms with Crippen molar-refractivity contribution in [2.75, 3.05) is 25.4 Å². The molecule has 0 aliphatic carbocycles. The summed E-state index contributed by atoms with van der Waals surface area (Å²) in [6.07, 6.45) is -4.47. The highest BCUT2D eigenvalue weighted by Crippen LogP contribution is 2.34. The predicted molar refractivity (Wildman–Crippen MR) is 112 cm³/mol. The van der Waals surface area contributed by atoms with E-state index in [1.807, 2.05) is 11.8 Å². The molecule has 1 fully saturated rings. The lowest BCUT2D eigenvalue weighted by Gasteiger charge is -2.44. The zero-order valence-corrected chi connectivity index (χ0v) is 19.0. The third-order valence-corrected chi connectivity index (χ3v) is 6.55. The summed E-state index contributed by atoms with van der Waals surface area (Å²) < 4.78 is 63.1. The van der Waals surface area contributed by atoms with Crippen molar-refractivity contribution in [3.63, 3.8) is 0 Å². The number of thioether (sulfide) groups is 1. The molecule has 35 heavy (non-hydrogen) atoms. The first-order chi connectivity index (χ1) is 16.5. The van der Waals surface area contributed by atoms with Crippen LogP contribution in [-0.2, 0) is 11.0 Å². The number of halogens is 4. The molecule has 0 spiro atoms. The number of β-amino-alcohol motifs (C(OH)–C–C–N with tert-alkyl or cyclic N) is 1. The highest BCUT2D eigenvalue weighted by molar-refractivity contribution is 7.99. The SMILES string of the molecule is CCN1CC(O)(C(=O)CCCSc2nonc2-c2noc(=O)n2-c2ccc(F)c(C(F)(F)F)c2)C1. The summed E-state index contributed by atoms with van der Waals surface area (Å²) in [7, 11) is 0. The molecule has 0 atom stereocenters. The lowest BCUT2D eigenvalue weighted by molar-refractivity contribution is -0.156. The molecule has 1 aliphatic rings. The Labute approximate surface area is 198 Å². The second kappa shape index (κ2) is 9.54. The Hall–Kier alpha value is -3.04. The molecule has 0 bridgehead atoms. The number of aromatic nitrogens is 4. The van der Waals surface area contributed by atoms with Crippen LogP contribution in [0.1, 0.15) is 25.3 Å². The number of rotatable bonds is 9. The summed E-state index contributed by atoms with van der Waals surface area (Å²) in [5.74, 6) is -2.83. The van der Waals surface area contributed by atoms with E-state index in [0.717, 1.165) is 24.4 Å². The number of likely N-dealkylation sites (N-methyl/N-ethyl adjacent to an activating group) is 1. The molecule has 1 saturated heterocycles. The quantitative estimate of drug-likeness (QED) is 0.257. The van der Waals surface area contributed by atoms with Crippen LogP contribution in [0, 0.1) is 5.82 Å². The monoisotopic (exact) mass is 517 g/mol. The first-order valence-electron chi connectivity index (χ1n) is 10.4. The molecule has 0 unspecified atom stereocenters. The number of Topliss-reactive ketones (excluding diaryl/α,β-unsaturated/α-hetero) is 1. The molecule has 3 aromatic rings. The molecule has 1 aromatic carbocycles. The van der Waals surface area contributed by atoms with E-state index in [4.69, 9.17) is 4.63 Å². The summed E-state index contributed by atoms with van der Waals surface area (Å²) in [5, 5.41) is 21.4. The average Bonchev–Trinajstić information content (AvgIpc) is 3.40. The molecule has 4 rings (SSSR count). The van der Waals surface area contributed by atoms with Crippen molar-refractivity contribution in [1.29, 1.82) is 0 Å². The normalized spacial score (nSPS) is 15.8. The summed E-state index contributed by atoms with van der Waals surface area (Å²) >= 11 is 1.11. The topological polar surface area (TPSA) is 127 Å². The van der Waals surface area contributed by atoms with Gasteiger partial charge in [0.25, 0.3) is 0 Å². The van der Waals surface area contributed by atoms with Crippen molar-refractivity contribution in [2.45, 2.75) is 36.6 Å². The van der Waals surface area contributed by atoms with Gasteiger partial charge in [-0.15, -0.1) is 11.8 Å². The number of ketones is 1. The minimum absolute atomic E-state index is 0.0822. The van der Waals surface area contributed by atoms with Gasteiger partial charge in [0.15, 0.2) is 16.5 Å². The van der Waals surface area contributed by atoms with Crippen molar-refractivity contribution in [2.24, 2.45) is 0 Å². The van der Waals surface area contributed by atoms with Crippen LogP contribution in [0.25, 0.3) is 17.2 Å². The number of carbonyl (C=O) groups is 1. The lowest BCUT2D eigenvalue weighted by atomic mass is 9.87. The Morgan fingerprint density at radius 3 is 2.69 bits per heavy atom. The van der Waals surface area contributed by atoms with Crippen molar-refractivity contribution < 1.29 is 36.6 Å². The van der Waals surface area contributed by atoms with Gasteiger partial charge in [-0.2, -0.15) is 13.2 Å². The lowest BCUT2D eigenvalue weighted by Crippen LogP contribution is -2.65. The maximum atomic E-state index is 13.7. The molecule has 2 aromatic heterocycles. The Balaban J connectivity index is 1.48. The maximum absolute atomic E-state index is 13.7. The van der Waals surface area contributed by atoms with Gasteiger partial charge in [-0.25, -0.2) is 18.4 Å². The number of likely N-dealkylation sites (tertiary alicyclic amines) is 1. The molecule has 0 saturated carbocycles. The van der Waals surface area contributed by atoms with Gasteiger partial charge >= 0.3 is 11.9 Å². The van der Waals surface area contributed by atoms with Crippen molar-refractivity contribution in [3.05, 3.63) is 40.1 Å². The van der Waals surface area contributed by atoms with E-state index >= 15 is 0 Å². The van der Waals surface area contributed by atoms with E-state index in [1.54, 1.807) is 0 Å². The Kier molecular flexibility index (Phi) is 6.83. The maximum Gasteiger partial charge on any atom is 0.446 e. The number of benzene rings is 1. The fourth-order valence-electron chi connectivity index (χ4n) is 3.64. The van der Waals surface area contributed by atoms with Gasteiger partial charge < -0.3 is 5.11 Å². The molecule has 10 nitrogen and oxygen atoms in total. The van der Waals surface area contributed by atoms with Gasteiger partial charge in [0.05, 0.1) is 11.3 Å². The van der Waals surface area contributed by atoms with Crippen molar-refractivity contribution in [1.82, 2.24) is 24.9 Å². The molecular formula is C20H19F4N5O5S. The largest absolute Gasteiger partial charge is 0.446 e. The molecule has 1 N–H and O–H groups in total. The smallest absolute Gasteiger partial charge is 0.379 e. The van der Waals surface area contributed by atoms with Crippen LogP contribution in [0.5, 0.6) is 0 Å². The summed E-state index contributed by atoms with van der Waals surface area (Å²) in [5.41, 5.74) is -3.33. The van der Waals surface area contributed by atoms with E-state index in [1.165, 1.54) is 0 Å². The zero-order valence-electron chi connectivity index (χ0n) is 18.2. The molecular weight excluding hydrogens is 498 g/mol. The van der Waals surface area contributed by atoms with E-state index in [2.05, 4.69) is 20.0 Å². The highest BCUT2D eigenvalue weighted by Gasteiger charge is 2.45. The second-order valence-electron chi connectivity index (χ2n) is 7.90. The van der Waals surface area contributed by atoms with Gasteiger partial charge in [0.2, 0.25) is 5.82 Å². The Morgan fingerprint density at radius 1 is 1.26 bits per heavy atom. The van der Waals surface area contributed by atoms with Crippen LogP contribution in [0.15, 0.2) is 37.2 Å². The van der Waals surface area contributed by atoms with Gasteiger partial charge in [-0.05, 0) is 41.5 Å². The third-order valence-electron chi connectivity index (χ3n) is 5.51. The predicted octanol–water partition coefficient (Wildman–Crippen LogP) is 2.54. The average molecular weight is 517 g/mol. The molecule has 0 radical (unpaired) electrons. The Bertz CT molecular complexity index is 1280. The number of hydrogen-bond acceptors (Lipinski definition) is 10. The summed E-state index contributed by atoms with van der Waals surface area (Å²) in [6, 6.07) is 1.99. The standard InChI is InChI=1S/C20H19F4N5O5S/c1-2-28-9-19(32,10-28)14(30)4-3-7-35-17-15(25-34-27-17)16-26-33-18(31)29(16)11-5-6-13(21)12(8-11)20(22,23)24/h5-6,8,32H,2-4,7,9-10H2,1H3. The minimum Gasteiger partial charge on any atom is -0.379 e. The van der Waals surface area contributed by atoms with Crippen LogP contribution in [0.2, 0.25) is 0 Å². The van der Waals surface area contributed by atoms with Crippen LogP contribution in [-0.4, -0.2) is 66.8 Å².